The fraction of sp³-hybridized carbons (Fsp3) is 0.280. The quantitative estimate of drug-likeness (QED) is 0.548. The third-order valence-electron chi connectivity index (χ3n) is 4.90. The summed E-state index contributed by atoms with van der Waals surface area (Å²) in [4.78, 5) is 0. The van der Waals surface area contributed by atoms with Crippen molar-refractivity contribution in [2.24, 2.45) is 0 Å². The molecule has 0 spiro atoms. The lowest BCUT2D eigenvalue weighted by Crippen LogP contribution is -2.44. The fourth-order valence-electron chi connectivity index (χ4n) is 3.31. The maximum absolute atomic E-state index is 6.24. The summed E-state index contributed by atoms with van der Waals surface area (Å²) in [7, 11) is 0. The predicted molar refractivity (Wildman–Crippen MR) is 111 cm³/mol. The molecule has 0 aliphatic carbocycles. The van der Waals surface area contributed by atoms with Gasteiger partial charge in [0.2, 0.25) is 0 Å². The van der Waals surface area contributed by atoms with Gasteiger partial charge < -0.3 is 18.9 Å². The summed E-state index contributed by atoms with van der Waals surface area (Å²) < 4.78 is 24.3. The van der Waals surface area contributed by atoms with E-state index in [4.69, 9.17) is 18.9 Å². The third kappa shape index (κ3) is 5.75. The van der Waals surface area contributed by atoms with E-state index in [-0.39, 0.29) is 12.2 Å². The summed E-state index contributed by atoms with van der Waals surface area (Å²) >= 11 is 0. The molecule has 0 N–H and O–H groups in total. The Kier molecular flexibility index (Phi) is 7.05. The maximum atomic E-state index is 6.24. The smallest absolute Gasteiger partial charge is 0.184 e. The zero-order valence-electron chi connectivity index (χ0n) is 16.4. The van der Waals surface area contributed by atoms with Crippen molar-refractivity contribution in [2.75, 3.05) is 13.2 Å². The van der Waals surface area contributed by atoms with E-state index in [1.165, 1.54) is 0 Å². The maximum Gasteiger partial charge on any atom is 0.184 e. The predicted octanol–water partition coefficient (Wildman–Crippen LogP) is 4.90. The summed E-state index contributed by atoms with van der Waals surface area (Å²) in [5.74, 6) is 0. The van der Waals surface area contributed by atoms with Gasteiger partial charge in [0.15, 0.2) is 6.29 Å². The normalized spacial score (nSPS) is 21.7. The Bertz CT molecular complexity index is 838. The van der Waals surface area contributed by atoms with Gasteiger partial charge >= 0.3 is 0 Å². The minimum atomic E-state index is -0.405. The molecule has 1 aliphatic rings. The molecule has 29 heavy (non-hydrogen) atoms. The molecule has 1 heterocycles. The Morgan fingerprint density at radius 1 is 0.724 bits per heavy atom. The molecule has 4 nitrogen and oxygen atoms in total. The molecule has 0 amide bonds. The van der Waals surface area contributed by atoms with Gasteiger partial charge in [0, 0.05) is 5.56 Å². The van der Waals surface area contributed by atoms with Crippen LogP contribution in [0.15, 0.2) is 91.0 Å². The SMILES string of the molecule is c1ccc(COCC2O[C@@H](c3ccccc3)OC[C@H]2OCc2ccccc2)cc1. The fourth-order valence-corrected chi connectivity index (χ4v) is 3.31. The van der Waals surface area contributed by atoms with E-state index in [1.807, 2.05) is 66.7 Å². The first kappa shape index (κ1) is 19.8. The third-order valence-corrected chi connectivity index (χ3v) is 4.90. The van der Waals surface area contributed by atoms with E-state index >= 15 is 0 Å². The second-order valence-corrected chi connectivity index (χ2v) is 7.09. The molecule has 1 unspecified atom stereocenters. The van der Waals surface area contributed by atoms with Crippen LogP contribution < -0.4 is 0 Å². The molecule has 1 fully saturated rings. The summed E-state index contributed by atoms with van der Waals surface area (Å²) in [5.41, 5.74) is 3.27. The van der Waals surface area contributed by atoms with Crippen molar-refractivity contribution in [1.29, 1.82) is 0 Å². The van der Waals surface area contributed by atoms with Crippen molar-refractivity contribution in [2.45, 2.75) is 31.7 Å². The molecule has 1 saturated heterocycles. The van der Waals surface area contributed by atoms with Crippen LogP contribution in [0, 0.1) is 0 Å². The average Bonchev–Trinajstić information content (AvgIpc) is 2.80. The number of rotatable bonds is 8. The van der Waals surface area contributed by atoms with Gasteiger partial charge in [-0.3, -0.25) is 0 Å². The number of hydrogen-bond donors (Lipinski definition) is 0. The molecule has 4 heteroatoms. The van der Waals surface area contributed by atoms with Gasteiger partial charge in [0.05, 0.1) is 26.4 Å². The van der Waals surface area contributed by atoms with E-state index in [1.54, 1.807) is 0 Å². The average molecular weight is 390 g/mol. The summed E-state index contributed by atoms with van der Waals surface area (Å²) in [6, 6.07) is 30.3. The van der Waals surface area contributed by atoms with Crippen LogP contribution in [0.5, 0.6) is 0 Å². The van der Waals surface area contributed by atoms with Crippen molar-refractivity contribution in [3.8, 4) is 0 Å². The Balaban J connectivity index is 1.38. The lowest BCUT2D eigenvalue weighted by atomic mass is 10.1. The van der Waals surface area contributed by atoms with Gasteiger partial charge in [-0.25, -0.2) is 0 Å². The largest absolute Gasteiger partial charge is 0.374 e. The van der Waals surface area contributed by atoms with E-state index in [0.717, 1.165) is 16.7 Å². The zero-order chi connectivity index (χ0) is 19.7. The first-order valence-electron chi connectivity index (χ1n) is 9.98. The zero-order valence-corrected chi connectivity index (χ0v) is 16.4. The van der Waals surface area contributed by atoms with Crippen LogP contribution in [0.2, 0.25) is 0 Å². The molecule has 1 aliphatic heterocycles. The molecular formula is C25H26O4. The molecule has 3 atom stereocenters. The van der Waals surface area contributed by atoms with Crippen molar-refractivity contribution < 1.29 is 18.9 Å². The van der Waals surface area contributed by atoms with Crippen molar-refractivity contribution >= 4 is 0 Å². The van der Waals surface area contributed by atoms with Crippen LogP contribution in [-0.4, -0.2) is 25.4 Å². The number of hydrogen-bond acceptors (Lipinski definition) is 4. The molecule has 3 aromatic carbocycles. The monoisotopic (exact) mass is 390 g/mol. The topological polar surface area (TPSA) is 36.9 Å². The minimum Gasteiger partial charge on any atom is -0.374 e. The number of benzene rings is 3. The highest BCUT2D eigenvalue weighted by Gasteiger charge is 2.33. The van der Waals surface area contributed by atoms with Crippen LogP contribution in [-0.2, 0) is 32.2 Å². The standard InChI is InChI=1S/C25H26O4/c1-4-10-20(11-5-1)16-26-18-24-23(27-17-21-12-6-2-7-13-21)19-28-25(29-24)22-14-8-3-9-15-22/h1-15,23-25H,16-19H2/t23-,24?,25+/m1/s1. The van der Waals surface area contributed by atoms with Crippen molar-refractivity contribution in [3.05, 3.63) is 108 Å². The molecule has 0 bridgehead atoms. The highest BCUT2D eigenvalue weighted by Crippen LogP contribution is 2.28. The van der Waals surface area contributed by atoms with Gasteiger partial charge in [-0.05, 0) is 11.1 Å². The van der Waals surface area contributed by atoms with Crippen LogP contribution in [0.1, 0.15) is 23.0 Å². The van der Waals surface area contributed by atoms with Crippen molar-refractivity contribution in [3.63, 3.8) is 0 Å². The van der Waals surface area contributed by atoms with Gasteiger partial charge in [0.25, 0.3) is 0 Å². The lowest BCUT2D eigenvalue weighted by Gasteiger charge is -2.36. The second-order valence-electron chi connectivity index (χ2n) is 7.09. The summed E-state index contributed by atoms with van der Waals surface area (Å²) in [6.45, 7) is 1.97. The van der Waals surface area contributed by atoms with Gasteiger partial charge in [0.1, 0.15) is 12.2 Å². The Morgan fingerprint density at radius 2 is 1.31 bits per heavy atom. The first-order valence-corrected chi connectivity index (χ1v) is 9.98. The summed E-state index contributed by atoms with van der Waals surface area (Å²) in [5, 5.41) is 0. The molecule has 3 aromatic rings. The Morgan fingerprint density at radius 3 is 1.97 bits per heavy atom. The molecular weight excluding hydrogens is 364 g/mol. The highest BCUT2D eigenvalue weighted by molar-refractivity contribution is 5.17. The Labute approximate surface area is 172 Å². The molecule has 0 aromatic heterocycles. The Hall–Kier alpha value is -2.50. The van der Waals surface area contributed by atoms with Gasteiger partial charge in [-0.15, -0.1) is 0 Å². The molecule has 0 radical (unpaired) electrons. The summed E-state index contributed by atoms with van der Waals surface area (Å²) in [6.07, 6.45) is -0.801. The van der Waals surface area contributed by atoms with E-state index in [0.29, 0.717) is 26.4 Å². The number of ether oxygens (including phenoxy) is 4. The van der Waals surface area contributed by atoms with Crippen LogP contribution in [0.25, 0.3) is 0 Å². The van der Waals surface area contributed by atoms with E-state index in [2.05, 4.69) is 24.3 Å². The highest BCUT2D eigenvalue weighted by atomic mass is 16.7. The first-order chi connectivity index (χ1) is 14.4. The second kappa shape index (κ2) is 10.3. The van der Waals surface area contributed by atoms with E-state index in [9.17, 15) is 0 Å². The minimum absolute atomic E-state index is 0.189. The van der Waals surface area contributed by atoms with Crippen LogP contribution in [0.3, 0.4) is 0 Å². The van der Waals surface area contributed by atoms with Crippen LogP contribution in [0.4, 0.5) is 0 Å². The van der Waals surface area contributed by atoms with Crippen LogP contribution >= 0.6 is 0 Å². The molecule has 0 saturated carbocycles. The van der Waals surface area contributed by atoms with Gasteiger partial charge in [-0.1, -0.05) is 91.0 Å². The van der Waals surface area contributed by atoms with Gasteiger partial charge in [-0.2, -0.15) is 0 Å². The lowest BCUT2D eigenvalue weighted by molar-refractivity contribution is -0.276. The van der Waals surface area contributed by atoms with Crippen molar-refractivity contribution in [1.82, 2.24) is 0 Å². The molecule has 4 rings (SSSR count). The van der Waals surface area contributed by atoms with E-state index < -0.39 is 6.29 Å². The molecule has 150 valence electrons.